The Labute approximate surface area is 177 Å². The van der Waals surface area contributed by atoms with E-state index in [0.29, 0.717) is 13.1 Å². The number of benzene rings is 1. The third-order valence-electron chi connectivity index (χ3n) is 5.41. The van der Waals surface area contributed by atoms with Crippen molar-refractivity contribution < 1.29 is 9.53 Å². The van der Waals surface area contributed by atoms with Gasteiger partial charge in [0.2, 0.25) is 0 Å². The van der Waals surface area contributed by atoms with Gasteiger partial charge >= 0.3 is 6.03 Å². The monoisotopic (exact) mass is 407 g/mol. The number of hydrogen-bond donors (Lipinski definition) is 1. The highest BCUT2D eigenvalue weighted by molar-refractivity contribution is 5.89. The molecule has 4 rings (SSSR count). The zero-order valence-electron chi connectivity index (χ0n) is 17.5. The number of nitrogens with one attached hydrogen (secondary N) is 1. The van der Waals surface area contributed by atoms with Gasteiger partial charge in [0, 0.05) is 44.6 Å². The predicted molar refractivity (Wildman–Crippen MR) is 118 cm³/mol. The molecule has 1 aliphatic heterocycles. The van der Waals surface area contributed by atoms with E-state index < -0.39 is 0 Å². The van der Waals surface area contributed by atoms with Crippen LogP contribution in [-0.4, -0.2) is 58.0 Å². The van der Waals surface area contributed by atoms with Crippen LogP contribution in [0.4, 0.5) is 10.5 Å². The van der Waals surface area contributed by atoms with E-state index in [1.807, 2.05) is 59.8 Å². The summed E-state index contributed by atoms with van der Waals surface area (Å²) in [7, 11) is 0. The smallest absolute Gasteiger partial charge is 0.321 e. The van der Waals surface area contributed by atoms with Crippen molar-refractivity contribution in [3.8, 4) is 5.75 Å². The Kier molecular flexibility index (Phi) is 6.49. The van der Waals surface area contributed by atoms with Crippen LogP contribution in [0.3, 0.4) is 0 Å². The molecule has 2 amide bonds. The summed E-state index contributed by atoms with van der Waals surface area (Å²) in [5.41, 5.74) is 2.92. The molecule has 0 unspecified atom stereocenters. The average molecular weight is 408 g/mol. The van der Waals surface area contributed by atoms with Crippen LogP contribution in [-0.2, 0) is 6.54 Å². The molecule has 0 atom stereocenters. The maximum Gasteiger partial charge on any atom is 0.321 e. The first-order chi connectivity index (χ1) is 14.7. The van der Waals surface area contributed by atoms with E-state index in [9.17, 15) is 4.79 Å². The molecule has 1 aliphatic rings. The number of hydrogen-bond acceptors (Lipinski definition) is 4. The first-order valence-electron chi connectivity index (χ1n) is 10.6. The van der Waals surface area contributed by atoms with Gasteiger partial charge in [-0.15, -0.1) is 0 Å². The van der Waals surface area contributed by atoms with Gasteiger partial charge in [-0.3, -0.25) is 4.90 Å². The number of ether oxygens (including phenoxy) is 1. The molecule has 7 heteroatoms. The molecule has 30 heavy (non-hydrogen) atoms. The van der Waals surface area contributed by atoms with Gasteiger partial charge in [0.25, 0.3) is 0 Å². The average Bonchev–Trinajstić information content (AvgIpc) is 3.18. The van der Waals surface area contributed by atoms with E-state index >= 15 is 0 Å². The molecule has 158 valence electrons. The van der Waals surface area contributed by atoms with Gasteiger partial charge in [0.05, 0.1) is 18.5 Å². The number of piperazine rings is 1. The number of pyridine rings is 1. The molecular weight excluding hydrogens is 378 g/mol. The maximum absolute atomic E-state index is 12.6. The number of urea groups is 1. The number of carbonyl (C=O) groups excluding carboxylic acids is 1. The fourth-order valence-corrected chi connectivity index (χ4v) is 3.61. The van der Waals surface area contributed by atoms with Crippen molar-refractivity contribution in [1.82, 2.24) is 19.2 Å². The van der Waals surface area contributed by atoms with Gasteiger partial charge < -0.3 is 19.4 Å². The lowest BCUT2D eigenvalue weighted by Crippen LogP contribution is -2.49. The molecule has 1 fully saturated rings. The fourth-order valence-electron chi connectivity index (χ4n) is 3.61. The minimum atomic E-state index is -0.0518. The molecule has 0 bridgehead atoms. The second-order valence-corrected chi connectivity index (χ2v) is 7.60. The third kappa shape index (κ3) is 4.91. The lowest BCUT2D eigenvalue weighted by molar-refractivity contribution is 0.142. The topological polar surface area (TPSA) is 62.1 Å². The van der Waals surface area contributed by atoms with E-state index in [0.717, 1.165) is 56.2 Å². The van der Waals surface area contributed by atoms with Crippen molar-refractivity contribution >= 4 is 17.4 Å². The maximum atomic E-state index is 12.6. The fraction of sp³-hybridized carbons (Fsp3) is 0.391. The Balaban J connectivity index is 1.25. The standard InChI is InChI=1S/C23H29N5O2/c1-2-3-16-30-21-9-7-19(8-10-21)25-23(29)27-14-12-26(13-15-27)18-20-17-24-22-6-4-5-11-28(20)22/h4-11,17H,2-3,12-16,18H2,1H3,(H,25,29). The normalized spacial score (nSPS) is 14.8. The van der Waals surface area contributed by atoms with E-state index in [1.165, 1.54) is 5.69 Å². The number of amides is 2. The van der Waals surface area contributed by atoms with Crippen LogP contribution < -0.4 is 10.1 Å². The summed E-state index contributed by atoms with van der Waals surface area (Å²) < 4.78 is 7.79. The van der Waals surface area contributed by atoms with Crippen LogP contribution >= 0.6 is 0 Å². The Morgan fingerprint density at radius 3 is 2.67 bits per heavy atom. The minimum Gasteiger partial charge on any atom is -0.494 e. The van der Waals surface area contributed by atoms with Gasteiger partial charge in [-0.1, -0.05) is 19.4 Å². The molecule has 1 saturated heterocycles. The van der Waals surface area contributed by atoms with Crippen molar-refractivity contribution in [3.05, 3.63) is 60.6 Å². The molecule has 2 aromatic heterocycles. The van der Waals surface area contributed by atoms with Crippen LogP contribution in [0.5, 0.6) is 5.75 Å². The third-order valence-corrected chi connectivity index (χ3v) is 5.41. The lowest BCUT2D eigenvalue weighted by atomic mass is 10.3. The molecule has 0 spiro atoms. The Hall–Kier alpha value is -3.06. The first-order valence-corrected chi connectivity index (χ1v) is 10.6. The SMILES string of the molecule is CCCCOc1ccc(NC(=O)N2CCN(Cc3cnc4ccccn34)CC2)cc1. The highest BCUT2D eigenvalue weighted by atomic mass is 16.5. The molecule has 0 radical (unpaired) electrons. The summed E-state index contributed by atoms with van der Waals surface area (Å²) in [6.07, 6.45) is 6.13. The zero-order chi connectivity index (χ0) is 20.8. The number of nitrogens with zero attached hydrogens (tertiary/aromatic N) is 4. The molecular formula is C23H29N5O2. The number of aromatic nitrogens is 2. The van der Waals surface area contributed by atoms with E-state index in [2.05, 4.69) is 26.5 Å². The summed E-state index contributed by atoms with van der Waals surface area (Å²) >= 11 is 0. The largest absolute Gasteiger partial charge is 0.494 e. The van der Waals surface area contributed by atoms with Crippen LogP contribution in [0.15, 0.2) is 54.9 Å². The summed E-state index contributed by atoms with van der Waals surface area (Å²) in [5.74, 6) is 0.836. The summed E-state index contributed by atoms with van der Waals surface area (Å²) in [6, 6.07) is 13.6. The van der Waals surface area contributed by atoms with Crippen molar-refractivity contribution in [2.45, 2.75) is 26.3 Å². The van der Waals surface area contributed by atoms with Crippen LogP contribution in [0.1, 0.15) is 25.5 Å². The van der Waals surface area contributed by atoms with E-state index in [1.54, 1.807) is 0 Å². The Morgan fingerprint density at radius 1 is 1.10 bits per heavy atom. The Bertz CT molecular complexity index is 961. The molecule has 3 aromatic rings. The number of carbonyl (C=O) groups is 1. The molecule has 7 nitrogen and oxygen atoms in total. The van der Waals surface area contributed by atoms with Crippen molar-refractivity contribution in [2.75, 3.05) is 38.1 Å². The summed E-state index contributed by atoms with van der Waals surface area (Å²) in [4.78, 5) is 21.3. The molecule has 0 aliphatic carbocycles. The highest BCUT2D eigenvalue weighted by Gasteiger charge is 2.22. The number of unbranched alkanes of at least 4 members (excludes halogenated alkanes) is 1. The number of anilines is 1. The quantitative estimate of drug-likeness (QED) is 0.604. The summed E-state index contributed by atoms with van der Waals surface area (Å²) in [5, 5.41) is 2.99. The van der Waals surface area contributed by atoms with Crippen LogP contribution in [0, 0.1) is 0 Å². The predicted octanol–water partition coefficient (Wildman–Crippen LogP) is 3.86. The van der Waals surface area contributed by atoms with Gasteiger partial charge in [-0.25, -0.2) is 9.78 Å². The number of fused-ring (bicyclic) bond motifs is 1. The first kappa shape index (κ1) is 20.2. The minimum absolute atomic E-state index is 0.0518. The second kappa shape index (κ2) is 9.63. The van der Waals surface area contributed by atoms with Gasteiger partial charge in [-0.2, -0.15) is 0 Å². The second-order valence-electron chi connectivity index (χ2n) is 7.60. The highest BCUT2D eigenvalue weighted by Crippen LogP contribution is 2.17. The molecule has 3 heterocycles. The van der Waals surface area contributed by atoms with Crippen molar-refractivity contribution in [3.63, 3.8) is 0 Å². The number of imidazole rings is 1. The van der Waals surface area contributed by atoms with E-state index in [-0.39, 0.29) is 6.03 Å². The van der Waals surface area contributed by atoms with Gasteiger partial charge in [0.15, 0.2) is 0 Å². The van der Waals surface area contributed by atoms with Crippen LogP contribution in [0.25, 0.3) is 5.65 Å². The molecule has 0 saturated carbocycles. The lowest BCUT2D eigenvalue weighted by Gasteiger charge is -2.34. The molecule has 1 N–H and O–H groups in total. The Morgan fingerprint density at radius 2 is 1.90 bits per heavy atom. The van der Waals surface area contributed by atoms with Crippen molar-refractivity contribution in [2.24, 2.45) is 0 Å². The summed E-state index contributed by atoms with van der Waals surface area (Å²) in [6.45, 7) is 6.81. The van der Waals surface area contributed by atoms with Gasteiger partial charge in [-0.05, 0) is 42.8 Å². The van der Waals surface area contributed by atoms with Crippen LogP contribution in [0.2, 0.25) is 0 Å². The molecule has 1 aromatic carbocycles. The van der Waals surface area contributed by atoms with E-state index in [4.69, 9.17) is 4.74 Å². The van der Waals surface area contributed by atoms with Crippen molar-refractivity contribution in [1.29, 1.82) is 0 Å². The van der Waals surface area contributed by atoms with Gasteiger partial charge in [0.1, 0.15) is 11.4 Å². The number of rotatable bonds is 7. The zero-order valence-corrected chi connectivity index (χ0v) is 17.5.